The number of nitrogens with one attached hydrogen (secondary N) is 1. The number of nitrogens with zero attached hydrogens (tertiary/aromatic N) is 6. The van der Waals surface area contributed by atoms with Gasteiger partial charge in [0, 0.05) is 43.6 Å². The lowest BCUT2D eigenvalue weighted by Crippen LogP contribution is -2.47. The normalized spacial score (nSPS) is 22.6. The number of H-pyrrole nitrogens is 1. The molecule has 3 aliphatic rings. The van der Waals surface area contributed by atoms with Gasteiger partial charge in [-0.15, -0.1) is 0 Å². The van der Waals surface area contributed by atoms with E-state index in [2.05, 4.69) is 30.3 Å². The Morgan fingerprint density at radius 3 is 2.77 bits per heavy atom. The fourth-order valence-electron chi connectivity index (χ4n) is 4.09. The van der Waals surface area contributed by atoms with Gasteiger partial charge in [-0.2, -0.15) is 15.4 Å². The number of rotatable bonds is 2. The number of benzene rings is 1. The predicted molar refractivity (Wildman–Crippen MR) is 95.7 cm³/mol. The van der Waals surface area contributed by atoms with Crippen molar-refractivity contribution >= 4 is 22.9 Å². The molecule has 3 aliphatic heterocycles. The van der Waals surface area contributed by atoms with E-state index in [1.165, 1.54) is 0 Å². The molecular formula is C18H19N7O. The molecule has 0 radical (unpaired) electrons. The summed E-state index contributed by atoms with van der Waals surface area (Å²) in [6.07, 6.45) is 5.70. The molecule has 1 aromatic carbocycles. The van der Waals surface area contributed by atoms with E-state index in [-0.39, 0.29) is 11.9 Å². The van der Waals surface area contributed by atoms with Crippen LogP contribution in [0.5, 0.6) is 0 Å². The summed E-state index contributed by atoms with van der Waals surface area (Å²) in [4.78, 5) is 26.2. The number of hydrogen-bond acceptors (Lipinski definition) is 6. The Bertz CT molecular complexity index is 941. The minimum absolute atomic E-state index is 0.0698. The fraction of sp³-hybridized carbons (Fsp3) is 0.389. The van der Waals surface area contributed by atoms with Gasteiger partial charge in [-0.3, -0.25) is 4.79 Å². The Kier molecular flexibility index (Phi) is 3.55. The van der Waals surface area contributed by atoms with Crippen molar-refractivity contribution in [1.29, 1.82) is 0 Å². The van der Waals surface area contributed by atoms with Crippen LogP contribution in [0.25, 0.3) is 11.0 Å². The molecule has 0 saturated carbocycles. The Hall–Kier alpha value is -3.03. The second-order valence-corrected chi connectivity index (χ2v) is 7.04. The van der Waals surface area contributed by atoms with Crippen molar-refractivity contribution in [1.82, 2.24) is 30.3 Å². The zero-order valence-corrected chi connectivity index (χ0v) is 14.2. The van der Waals surface area contributed by atoms with E-state index in [0.717, 1.165) is 49.5 Å². The maximum atomic E-state index is 13.2. The lowest BCUT2D eigenvalue weighted by Gasteiger charge is -2.36. The second kappa shape index (κ2) is 6.05. The number of amides is 1. The summed E-state index contributed by atoms with van der Waals surface area (Å²) >= 11 is 0. The molecule has 0 spiro atoms. The summed E-state index contributed by atoms with van der Waals surface area (Å²) in [7, 11) is 0. The van der Waals surface area contributed by atoms with Gasteiger partial charge in [0.15, 0.2) is 0 Å². The highest BCUT2D eigenvalue weighted by atomic mass is 16.2. The molecule has 5 heterocycles. The van der Waals surface area contributed by atoms with Crippen LogP contribution in [0.3, 0.4) is 0 Å². The lowest BCUT2D eigenvalue weighted by molar-refractivity contribution is 0.0592. The first-order chi connectivity index (χ1) is 12.8. The molecule has 1 N–H and O–H groups in total. The molecule has 26 heavy (non-hydrogen) atoms. The summed E-state index contributed by atoms with van der Waals surface area (Å²) in [6, 6.07) is 7.50. The molecule has 6 rings (SSSR count). The number of aromatic amines is 1. The first-order valence-electron chi connectivity index (χ1n) is 8.91. The maximum absolute atomic E-state index is 13.2. The summed E-state index contributed by atoms with van der Waals surface area (Å²) in [5.74, 6) is 1.26. The molecule has 3 fully saturated rings. The molecule has 2 atom stereocenters. The number of piperidine rings is 1. The highest BCUT2D eigenvalue weighted by molar-refractivity contribution is 5.97. The molecule has 0 aliphatic carbocycles. The van der Waals surface area contributed by atoms with Crippen LogP contribution < -0.4 is 4.90 Å². The van der Waals surface area contributed by atoms with E-state index in [0.29, 0.717) is 11.5 Å². The van der Waals surface area contributed by atoms with Crippen molar-refractivity contribution in [2.75, 3.05) is 24.5 Å². The van der Waals surface area contributed by atoms with E-state index in [4.69, 9.17) is 0 Å². The van der Waals surface area contributed by atoms with Gasteiger partial charge < -0.3 is 9.80 Å². The van der Waals surface area contributed by atoms with E-state index >= 15 is 0 Å². The highest BCUT2D eigenvalue weighted by Crippen LogP contribution is 2.30. The van der Waals surface area contributed by atoms with Crippen LogP contribution in [-0.4, -0.2) is 61.9 Å². The van der Waals surface area contributed by atoms with E-state index in [9.17, 15) is 4.79 Å². The van der Waals surface area contributed by atoms with E-state index < -0.39 is 0 Å². The number of carbonyl (C=O) groups is 1. The number of carbonyl (C=O) groups excluding carboxylic acids is 1. The Labute approximate surface area is 150 Å². The van der Waals surface area contributed by atoms with Crippen LogP contribution in [0.4, 0.5) is 5.95 Å². The molecule has 3 aromatic rings. The zero-order chi connectivity index (χ0) is 17.5. The summed E-state index contributed by atoms with van der Waals surface area (Å²) in [5.41, 5.74) is 2.16. The SMILES string of the molecule is O=C(c1ccc2n[nH]nc2c1)N1C[C@H]2CC[C@@H]1CN(c1ncccn1)C2. The third-order valence-corrected chi connectivity index (χ3v) is 5.37. The third-order valence-electron chi connectivity index (χ3n) is 5.37. The van der Waals surface area contributed by atoms with Crippen molar-refractivity contribution in [2.45, 2.75) is 18.9 Å². The quantitative estimate of drug-likeness (QED) is 0.754. The average Bonchev–Trinajstić information content (AvgIpc) is 2.97. The maximum Gasteiger partial charge on any atom is 0.254 e. The minimum atomic E-state index is 0.0698. The fourth-order valence-corrected chi connectivity index (χ4v) is 4.09. The van der Waals surface area contributed by atoms with Crippen LogP contribution in [0.1, 0.15) is 23.2 Å². The molecule has 8 heteroatoms. The smallest absolute Gasteiger partial charge is 0.254 e. The van der Waals surface area contributed by atoms with Crippen LogP contribution in [0.15, 0.2) is 36.7 Å². The summed E-state index contributed by atoms with van der Waals surface area (Å²) in [5, 5.41) is 10.7. The molecule has 0 unspecified atom stereocenters. The number of hydrogen-bond donors (Lipinski definition) is 1. The van der Waals surface area contributed by atoms with Gasteiger partial charge in [-0.05, 0) is 43.0 Å². The summed E-state index contributed by atoms with van der Waals surface area (Å²) in [6.45, 7) is 2.45. The second-order valence-electron chi connectivity index (χ2n) is 7.04. The van der Waals surface area contributed by atoms with Crippen molar-refractivity contribution in [3.05, 3.63) is 42.2 Å². The van der Waals surface area contributed by atoms with Crippen molar-refractivity contribution in [3.63, 3.8) is 0 Å². The van der Waals surface area contributed by atoms with Gasteiger partial charge in [-0.1, -0.05) is 0 Å². The largest absolute Gasteiger partial charge is 0.338 e. The van der Waals surface area contributed by atoms with Gasteiger partial charge in [0.05, 0.1) is 0 Å². The first-order valence-corrected chi connectivity index (χ1v) is 8.91. The Balaban J connectivity index is 1.42. The van der Waals surface area contributed by atoms with Gasteiger partial charge in [0.25, 0.3) is 5.91 Å². The van der Waals surface area contributed by atoms with E-state index in [1.807, 2.05) is 29.2 Å². The number of aromatic nitrogens is 5. The molecule has 3 saturated heterocycles. The van der Waals surface area contributed by atoms with Gasteiger partial charge in [0.1, 0.15) is 11.0 Å². The molecule has 1 amide bonds. The van der Waals surface area contributed by atoms with Crippen LogP contribution in [-0.2, 0) is 0 Å². The van der Waals surface area contributed by atoms with Gasteiger partial charge in [0.2, 0.25) is 5.95 Å². The van der Waals surface area contributed by atoms with Crippen molar-refractivity contribution in [2.24, 2.45) is 5.92 Å². The molecule has 132 valence electrons. The molecule has 2 bridgehead atoms. The standard InChI is InChI=1S/C18H19N7O/c26-17(13-3-5-15-16(8-13)22-23-21-15)25-10-12-2-4-14(25)11-24(9-12)18-19-6-1-7-20-18/h1,3,5-8,12,14H,2,4,9-11H2,(H,21,22,23)/t12-,14+/m0/s1. The third kappa shape index (κ3) is 2.58. The topological polar surface area (TPSA) is 90.9 Å². The summed E-state index contributed by atoms with van der Waals surface area (Å²) < 4.78 is 0. The zero-order valence-electron chi connectivity index (χ0n) is 14.2. The predicted octanol–water partition coefficient (Wildman–Crippen LogP) is 1.49. The van der Waals surface area contributed by atoms with Crippen molar-refractivity contribution < 1.29 is 4.79 Å². The molecular weight excluding hydrogens is 330 g/mol. The van der Waals surface area contributed by atoms with Crippen LogP contribution in [0, 0.1) is 5.92 Å². The van der Waals surface area contributed by atoms with Crippen LogP contribution in [0.2, 0.25) is 0 Å². The molecule has 2 aromatic heterocycles. The molecule has 8 nitrogen and oxygen atoms in total. The average molecular weight is 349 g/mol. The first kappa shape index (κ1) is 15.2. The lowest BCUT2D eigenvalue weighted by atomic mass is 9.94. The minimum Gasteiger partial charge on any atom is -0.338 e. The monoisotopic (exact) mass is 349 g/mol. The van der Waals surface area contributed by atoms with Gasteiger partial charge in [-0.25, -0.2) is 9.97 Å². The van der Waals surface area contributed by atoms with Crippen LogP contribution >= 0.6 is 0 Å². The number of fused-ring (bicyclic) bond motifs is 5. The Morgan fingerprint density at radius 1 is 1.04 bits per heavy atom. The van der Waals surface area contributed by atoms with Crippen molar-refractivity contribution in [3.8, 4) is 0 Å². The van der Waals surface area contributed by atoms with Gasteiger partial charge >= 0.3 is 0 Å². The number of anilines is 1. The highest BCUT2D eigenvalue weighted by Gasteiger charge is 2.38. The Morgan fingerprint density at radius 2 is 1.88 bits per heavy atom. The van der Waals surface area contributed by atoms with E-state index in [1.54, 1.807) is 12.4 Å².